The van der Waals surface area contributed by atoms with Gasteiger partial charge in [0.2, 0.25) is 5.91 Å². The summed E-state index contributed by atoms with van der Waals surface area (Å²) < 4.78 is 0. The first-order valence-corrected chi connectivity index (χ1v) is 9.54. The second-order valence-corrected chi connectivity index (χ2v) is 9.01. The predicted molar refractivity (Wildman–Crippen MR) is 83.7 cm³/mol. The summed E-state index contributed by atoms with van der Waals surface area (Å²) in [5.41, 5.74) is -0.0583. The number of alkyl halides is 1. The van der Waals surface area contributed by atoms with Crippen molar-refractivity contribution in [3.63, 3.8) is 0 Å². The van der Waals surface area contributed by atoms with Crippen molar-refractivity contribution >= 4 is 21.8 Å². The summed E-state index contributed by atoms with van der Waals surface area (Å²) >= 11 is 3.80. The molecule has 1 N–H and O–H groups in total. The smallest absolute Gasteiger partial charge is 0.227 e. The molecule has 0 aromatic carbocycles. The summed E-state index contributed by atoms with van der Waals surface area (Å²) in [6, 6.07) is 0.468. The number of rotatable bonds is 3. The van der Waals surface area contributed by atoms with E-state index in [1.54, 1.807) is 0 Å². The van der Waals surface area contributed by atoms with Crippen LogP contribution in [0.25, 0.3) is 0 Å². The van der Waals surface area contributed by atoms with Crippen molar-refractivity contribution in [2.24, 2.45) is 23.2 Å². The van der Waals surface area contributed by atoms with Gasteiger partial charge in [0.1, 0.15) is 0 Å². The lowest BCUT2D eigenvalue weighted by Gasteiger charge is -2.35. The lowest BCUT2D eigenvalue weighted by molar-refractivity contribution is -0.131. The molecule has 0 aromatic heterocycles. The van der Waals surface area contributed by atoms with Crippen LogP contribution in [0.4, 0.5) is 0 Å². The van der Waals surface area contributed by atoms with Gasteiger partial charge in [-0.2, -0.15) is 0 Å². The lowest BCUT2D eigenvalue weighted by Crippen LogP contribution is -2.48. The summed E-state index contributed by atoms with van der Waals surface area (Å²) in [6.45, 7) is 0. The van der Waals surface area contributed by atoms with Crippen molar-refractivity contribution in [1.29, 1.82) is 0 Å². The highest BCUT2D eigenvalue weighted by atomic mass is 79.9. The fourth-order valence-electron chi connectivity index (χ4n) is 5.22. The first kappa shape index (κ1) is 13.6. The van der Waals surface area contributed by atoms with Gasteiger partial charge >= 0.3 is 0 Å². The van der Waals surface area contributed by atoms with Crippen LogP contribution in [-0.2, 0) is 4.79 Å². The number of halogens is 1. The second kappa shape index (κ2) is 5.00. The fraction of sp³-hybridized carbons (Fsp3) is 0.941. The van der Waals surface area contributed by atoms with Gasteiger partial charge < -0.3 is 5.32 Å². The van der Waals surface area contributed by atoms with Gasteiger partial charge in [-0.25, -0.2) is 0 Å². The Morgan fingerprint density at radius 2 is 1.90 bits per heavy atom. The van der Waals surface area contributed by atoms with Crippen LogP contribution in [-0.4, -0.2) is 16.8 Å². The Kier molecular flexibility index (Phi) is 3.40. The molecular weight excluding hydrogens is 314 g/mol. The zero-order valence-corrected chi connectivity index (χ0v) is 13.8. The van der Waals surface area contributed by atoms with Crippen LogP contribution in [0.1, 0.15) is 64.2 Å². The third-order valence-electron chi connectivity index (χ3n) is 6.58. The summed E-state index contributed by atoms with van der Waals surface area (Å²) in [5.74, 6) is 3.09. The molecule has 3 heteroatoms. The number of carbonyl (C=O) groups excluding carboxylic acids is 1. The molecule has 1 amide bonds. The number of amides is 1. The Hall–Kier alpha value is -0.0500. The summed E-state index contributed by atoms with van der Waals surface area (Å²) in [4.78, 5) is 13.3. The zero-order valence-electron chi connectivity index (χ0n) is 12.2. The van der Waals surface area contributed by atoms with Gasteiger partial charge in [-0.05, 0) is 69.1 Å². The van der Waals surface area contributed by atoms with E-state index in [0.29, 0.717) is 16.8 Å². The van der Waals surface area contributed by atoms with E-state index >= 15 is 0 Å². The topological polar surface area (TPSA) is 29.1 Å². The molecule has 0 saturated heterocycles. The molecule has 2 nitrogen and oxygen atoms in total. The van der Waals surface area contributed by atoms with Crippen LogP contribution in [0.2, 0.25) is 0 Å². The average Bonchev–Trinajstić information content (AvgIpc) is 3.13. The molecule has 4 saturated carbocycles. The van der Waals surface area contributed by atoms with Crippen molar-refractivity contribution < 1.29 is 4.79 Å². The van der Waals surface area contributed by atoms with E-state index in [9.17, 15) is 4.79 Å². The third kappa shape index (κ3) is 2.24. The number of fused-ring (bicyclic) bond motifs is 2. The molecule has 0 aromatic rings. The minimum atomic E-state index is -0.0583. The van der Waals surface area contributed by atoms with Crippen molar-refractivity contribution in [2.45, 2.75) is 75.1 Å². The normalized spacial score (nSPS) is 47.5. The first-order valence-electron chi connectivity index (χ1n) is 8.62. The van der Waals surface area contributed by atoms with Gasteiger partial charge in [0.15, 0.2) is 0 Å². The summed E-state index contributed by atoms with van der Waals surface area (Å²) in [6.07, 6.45) is 12.8. The molecular formula is C17H26BrNO. The molecule has 0 spiro atoms. The van der Waals surface area contributed by atoms with Gasteiger partial charge in [-0.1, -0.05) is 28.8 Å². The van der Waals surface area contributed by atoms with Gasteiger partial charge in [0, 0.05) is 10.9 Å². The van der Waals surface area contributed by atoms with Crippen LogP contribution in [0.5, 0.6) is 0 Å². The minimum Gasteiger partial charge on any atom is -0.353 e. The van der Waals surface area contributed by atoms with Gasteiger partial charge in [0.25, 0.3) is 0 Å². The largest absolute Gasteiger partial charge is 0.353 e. The van der Waals surface area contributed by atoms with E-state index in [-0.39, 0.29) is 5.41 Å². The van der Waals surface area contributed by atoms with Crippen LogP contribution < -0.4 is 5.32 Å². The van der Waals surface area contributed by atoms with Crippen LogP contribution >= 0.6 is 15.9 Å². The Balaban J connectivity index is 1.39. The maximum Gasteiger partial charge on any atom is 0.227 e. The molecule has 0 aliphatic heterocycles. The summed E-state index contributed by atoms with van der Waals surface area (Å²) in [7, 11) is 0. The van der Waals surface area contributed by atoms with Crippen molar-refractivity contribution in [1.82, 2.24) is 5.32 Å². The van der Waals surface area contributed by atoms with E-state index in [0.717, 1.165) is 30.6 Å². The van der Waals surface area contributed by atoms with Crippen molar-refractivity contribution in [2.75, 3.05) is 0 Å². The van der Waals surface area contributed by atoms with Gasteiger partial charge in [0.05, 0.1) is 5.41 Å². The standard InChI is InChI=1S/C17H26BrNO/c18-15-8-11-6-7-17(15,10-11)16(20)19-14-3-1-2-13(9-14)12-4-5-12/h11-15H,1-10H2,(H,19,20). The Bertz CT molecular complexity index is 408. The molecule has 4 aliphatic carbocycles. The molecule has 0 radical (unpaired) electrons. The molecule has 0 heterocycles. The molecule has 20 heavy (non-hydrogen) atoms. The van der Waals surface area contributed by atoms with Crippen LogP contribution in [0.3, 0.4) is 0 Å². The fourth-order valence-corrected chi connectivity index (χ4v) is 6.37. The Morgan fingerprint density at radius 3 is 2.55 bits per heavy atom. The van der Waals surface area contributed by atoms with Gasteiger partial charge in [-0.15, -0.1) is 0 Å². The molecule has 4 aliphatic rings. The SMILES string of the molecule is O=C(NC1CCCC(C2CC2)C1)C12CCC(CC1Br)C2. The molecule has 5 atom stereocenters. The molecule has 4 fully saturated rings. The first-order chi connectivity index (χ1) is 9.67. The number of carbonyl (C=O) groups is 1. The van der Waals surface area contributed by atoms with E-state index < -0.39 is 0 Å². The number of nitrogens with one attached hydrogen (secondary N) is 1. The highest BCUT2D eigenvalue weighted by Crippen LogP contribution is 2.57. The highest BCUT2D eigenvalue weighted by molar-refractivity contribution is 9.09. The number of hydrogen-bond donors (Lipinski definition) is 1. The molecule has 4 rings (SSSR count). The molecule has 112 valence electrons. The minimum absolute atomic E-state index is 0.0583. The van der Waals surface area contributed by atoms with Crippen LogP contribution in [0.15, 0.2) is 0 Å². The maximum atomic E-state index is 12.9. The third-order valence-corrected chi connectivity index (χ3v) is 7.83. The number of hydrogen-bond acceptors (Lipinski definition) is 1. The van der Waals surface area contributed by atoms with Gasteiger partial charge in [-0.3, -0.25) is 4.79 Å². The monoisotopic (exact) mass is 339 g/mol. The Morgan fingerprint density at radius 1 is 1.05 bits per heavy atom. The van der Waals surface area contributed by atoms with Crippen molar-refractivity contribution in [3.05, 3.63) is 0 Å². The van der Waals surface area contributed by atoms with E-state index in [2.05, 4.69) is 21.2 Å². The summed E-state index contributed by atoms with van der Waals surface area (Å²) in [5, 5.41) is 3.45. The molecule has 5 unspecified atom stereocenters. The molecule has 2 bridgehead atoms. The zero-order chi connectivity index (χ0) is 13.7. The van der Waals surface area contributed by atoms with E-state index in [1.807, 2.05) is 0 Å². The highest BCUT2D eigenvalue weighted by Gasteiger charge is 2.56. The van der Waals surface area contributed by atoms with E-state index in [4.69, 9.17) is 0 Å². The average molecular weight is 340 g/mol. The second-order valence-electron chi connectivity index (χ2n) is 7.90. The van der Waals surface area contributed by atoms with Crippen LogP contribution in [0, 0.1) is 23.2 Å². The van der Waals surface area contributed by atoms with E-state index in [1.165, 1.54) is 51.4 Å². The van der Waals surface area contributed by atoms with Crippen molar-refractivity contribution in [3.8, 4) is 0 Å². The predicted octanol–water partition coefficient (Wildman–Crippen LogP) is 4.03. The maximum absolute atomic E-state index is 12.9. The Labute approximate surface area is 130 Å². The quantitative estimate of drug-likeness (QED) is 0.773. The lowest BCUT2D eigenvalue weighted by atomic mass is 9.80.